The largest absolute Gasteiger partial charge is 0.461 e. The summed E-state index contributed by atoms with van der Waals surface area (Å²) >= 11 is 2.98. The number of aromatic nitrogens is 2. The predicted octanol–water partition coefficient (Wildman–Crippen LogP) is 3.57. The van der Waals surface area contributed by atoms with Crippen molar-refractivity contribution in [3.63, 3.8) is 0 Å². The number of ether oxygens (including phenoxy) is 2. The van der Waals surface area contributed by atoms with E-state index in [0.717, 1.165) is 4.09 Å². The molecule has 1 amide bonds. The standard InChI is InChI=1S/C13H19BrFN3O4S/c1-6-21-11(19)10-9(14)8(16-18(10)23-15)7-17(5)12(20)22-13(2,3)4/h6-7H2,1-5H3. The number of amides is 1. The van der Waals surface area contributed by atoms with Crippen LogP contribution < -0.4 is 0 Å². The molecule has 7 nitrogen and oxygen atoms in total. The van der Waals surface area contributed by atoms with Crippen molar-refractivity contribution in [1.82, 2.24) is 14.1 Å². The van der Waals surface area contributed by atoms with E-state index in [1.54, 1.807) is 27.7 Å². The molecule has 0 fully saturated rings. The molecule has 0 saturated carbocycles. The van der Waals surface area contributed by atoms with Crippen LogP contribution in [0.5, 0.6) is 0 Å². The zero-order valence-electron chi connectivity index (χ0n) is 13.6. The van der Waals surface area contributed by atoms with Crippen LogP contribution in [-0.4, -0.2) is 45.4 Å². The molecule has 1 rings (SSSR count). The van der Waals surface area contributed by atoms with Crippen LogP contribution in [0.25, 0.3) is 0 Å². The Morgan fingerprint density at radius 2 is 2.04 bits per heavy atom. The lowest BCUT2D eigenvalue weighted by Gasteiger charge is -2.24. The second-order valence-electron chi connectivity index (χ2n) is 5.61. The lowest BCUT2D eigenvalue weighted by molar-refractivity contribution is 0.0282. The van der Waals surface area contributed by atoms with Crippen molar-refractivity contribution in [1.29, 1.82) is 0 Å². The van der Waals surface area contributed by atoms with Gasteiger partial charge in [-0.25, -0.2) is 9.59 Å². The SMILES string of the molecule is CCOC(=O)c1c(Br)c(CN(C)C(=O)OC(C)(C)C)nn1SF. The van der Waals surface area contributed by atoms with Crippen LogP contribution in [0.15, 0.2) is 4.47 Å². The van der Waals surface area contributed by atoms with Gasteiger partial charge in [0.25, 0.3) is 0 Å². The van der Waals surface area contributed by atoms with Gasteiger partial charge in [0.05, 0.1) is 23.3 Å². The second-order valence-corrected chi connectivity index (χ2v) is 6.88. The molecule has 0 aliphatic rings. The number of rotatable bonds is 5. The first-order valence-corrected chi connectivity index (χ1v) is 8.25. The maximum Gasteiger partial charge on any atom is 0.410 e. The van der Waals surface area contributed by atoms with E-state index in [0.29, 0.717) is 5.69 Å². The number of hydrogen-bond acceptors (Lipinski definition) is 6. The second kappa shape index (κ2) is 8.00. The van der Waals surface area contributed by atoms with E-state index in [9.17, 15) is 13.5 Å². The van der Waals surface area contributed by atoms with Gasteiger partial charge < -0.3 is 14.4 Å². The fourth-order valence-corrected chi connectivity index (χ4v) is 2.59. The Morgan fingerprint density at radius 3 is 2.52 bits per heavy atom. The summed E-state index contributed by atoms with van der Waals surface area (Å²) in [6.45, 7) is 7.09. The Balaban J connectivity index is 2.97. The van der Waals surface area contributed by atoms with Gasteiger partial charge in [0.2, 0.25) is 0 Å². The summed E-state index contributed by atoms with van der Waals surface area (Å²) in [5.74, 6) is -0.705. The summed E-state index contributed by atoms with van der Waals surface area (Å²) in [6.07, 6.45) is -0.551. The average Bonchev–Trinajstić information content (AvgIpc) is 2.73. The van der Waals surface area contributed by atoms with Crippen molar-refractivity contribution in [2.75, 3.05) is 13.7 Å². The van der Waals surface area contributed by atoms with Crippen LogP contribution >= 0.6 is 28.3 Å². The first-order valence-electron chi connectivity index (χ1n) is 6.78. The molecule has 10 heteroatoms. The number of carbonyl (C=O) groups is 2. The van der Waals surface area contributed by atoms with Crippen molar-refractivity contribution in [3.8, 4) is 0 Å². The zero-order chi connectivity index (χ0) is 17.8. The normalized spacial score (nSPS) is 11.3. The molecule has 0 bridgehead atoms. The molecule has 23 heavy (non-hydrogen) atoms. The minimum Gasteiger partial charge on any atom is -0.461 e. The Morgan fingerprint density at radius 1 is 1.43 bits per heavy atom. The Hall–Kier alpha value is -1.29. The van der Waals surface area contributed by atoms with Crippen LogP contribution in [0, 0.1) is 0 Å². The molecule has 130 valence electrons. The van der Waals surface area contributed by atoms with Gasteiger partial charge >= 0.3 is 12.1 Å². The summed E-state index contributed by atoms with van der Waals surface area (Å²) in [6, 6.07) is 0. The van der Waals surface area contributed by atoms with Gasteiger partial charge in [0, 0.05) is 7.05 Å². The van der Waals surface area contributed by atoms with Gasteiger partial charge in [-0.2, -0.15) is 9.19 Å². The molecule has 1 heterocycles. The monoisotopic (exact) mass is 411 g/mol. The highest BCUT2D eigenvalue weighted by Crippen LogP contribution is 2.27. The molecule has 0 spiro atoms. The van der Waals surface area contributed by atoms with E-state index < -0.39 is 17.7 Å². The van der Waals surface area contributed by atoms with Crippen LogP contribution in [0.4, 0.5) is 8.68 Å². The van der Waals surface area contributed by atoms with E-state index in [1.165, 1.54) is 11.9 Å². The van der Waals surface area contributed by atoms with Gasteiger partial charge in [-0.15, -0.1) is 3.89 Å². The van der Waals surface area contributed by atoms with E-state index in [1.807, 2.05) is 0 Å². The van der Waals surface area contributed by atoms with Crippen LogP contribution in [-0.2, 0) is 16.0 Å². The molecule has 0 radical (unpaired) electrons. The molecule has 1 aromatic heterocycles. The number of halogens is 2. The highest BCUT2D eigenvalue weighted by atomic mass is 79.9. The zero-order valence-corrected chi connectivity index (χ0v) is 16.0. The minimum absolute atomic E-state index is 0.0372. The van der Waals surface area contributed by atoms with Gasteiger partial charge in [0.15, 0.2) is 18.0 Å². The third-order valence-electron chi connectivity index (χ3n) is 2.49. The summed E-state index contributed by atoms with van der Waals surface area (Å²) in [7, 11) is 1.52. The van der Waals surface area contributed by atoms with Crippen molar-refractivity contribution in [2.45, 2.75) is 39.8 Å². The number of nitrogens with zero attached hydrogens (tertiary/aromatic N) is 3. The third-order valence-corrected chi connectivity index (χ3v) is 3.72. The maximum atomic E-state index is 13.0. The molecule has 0 aliphatic carbocycles. The van der Waals surface area contributed by atoms with Gasteiger partial charge in [0.1, 0.15) is 5.60 Å². The topological polar surface area (TPSA) is 73.7 Å². The van der Waals surface area contributed by atoms with E-state index in [-0.39, 0.29) is 35.7 Å². The highest BCUT2D eigenvalue weighted by Gasteiger charge is 2.27. The lowest BCUT2D eigenvalue weighted by Crippen LogP contribution is -2.34. The molecule has 0 aromatic carbocycles. The highest BCUT2D eigenvalue weighted by molar-refractivity contribution is 9.10. The van der Waals surface area contributed by atoms with Crippen LogP contribution in [0.1, 0.15) is 43.9 Å². The fourth-order valence-electron chi connectivity index (χ4n) is 1.57. The van der Waals surface area contributed by atoms with E-state index in [4.69, 9.17) is 9.47 Å². The molecule has 1 aromatic rings. The van der Waals surface area contributed by atoms with Crippen LogP contribution in [0.2, 0.25) is 0 Å². The minimum atomic E-state index is -0.705. The molecule has 0 N–H and O–H groups in total. The molecule has 0 saturated heterocycles. The number of carbonyl (C=O) groups excluding carboxylic acids is 2. The number of hydrogen-bond donors (Lipinski definition) is 0. The molecular weight excluding hydrogens is 393 g/mol. The summed E-state index contributed by atoms with van der Waals surface area (Å²) in [5, 5.41) is 3.96. The number of esters is 1. The van der Waals surface area contributed by atoms with Gasteiger partial charge in [-0.3, -0.25) is 0 Å². The van der Waals surface area contributed by atoms with E-state index in [2.05, 4.69) is 21.0 Å². The van der Waals surface area contributed by atoms with Crippen molar-refractivity contribution < 1.29 is 22.9 Å². The third kappa shape index (κ3) is 5.38. The smallest absolute Gasteiger partial charge is 0.410 e. The Bertz CT molecular complexity index is 589. The molecule has 0 atom stereocenters. The summed E-state index contributed by atoms with van der Waals surface area (Å²) < 4.78 is 24.2. The first kappa shape index (κ1) is 19.8. The first-order chi connectivity index (χ1) is 10.6. The molecular formula is C13H19BrFN3O4S. The maximum absolute atomic E-state index is 13.0. The van der Waals surface area contributed by atoms with Gasteiger partial charge in [-0.1, -0.05) is 0 Å². The predicted molar refractivity (Wildman–Crippen MR) is 87.7 cm³/mol. The lowest BCUT2D eigenvalue weighted by atomic mass is 10.2. The summed E-state index contributed by atoms with van der Waals surface area (Å²) in [5.41, 5.74) is -0.384. The quantitative estimate of drug-likeness (QED) is 0.689. The Labute approximate surface area is 147 Å². The molecule has 0 aliphatic heterocycles. The van der Waals surface area contributed by atoms with Crippen LogP contribution in [0.3, 0.4) is 0 Å². The van der Waals surface area contributed by atoms with Crippen molar-refractivity contribution in [3.05, 3.63) is 15.9 Å². The Kier molecular flexibility index (Phi) is 6.87. The molecule has 0 unspecified atom stereocenters. The van der Waals surface area contributed by atoms with Crippen molar-refractivity contribution in [2.24, 2.45) is 0 Å². The van der Waals surface area contributed by atoms with Gasteiger partial charge in [-0.05, 0) is 43.6 Å². The summed E-state index contributed by atoms with van der Waals surface area (Å²) in [4.78, 5) is 25.1. The van der Waals surface area contributed by atoms with E-state index >= 15 is 0 Å². The average molecular weight is 412 g/mol. The fraction of sp³-hybridized carbons (Fsp3) is 0.615. The van der Waals surface area contributed by atoms with Crippen molar-refractivity contribution >= 4 is 40.3 Å².